The molecule has 0 bridgehead atoms. The van der Waals surface area contributed by atoms with Gasteiger partial charge in [0.15, 0.2) is 5.11 Å². The van der Waals surface area contributed by atoms with Crippen molar-refractivity contribution in [1.82, 2.24) is 14.9 Å². The molecule has 1 aliphatic rings. The number of hydrogen-bond donors (Lipinski definition) is 1. The van der Waals surface area contributed by atoms with Crippen molar-refractivity contribution >= 4 is 34.6 Å². The van der Waals surface area contributed by atoms with Gasteiger partial charge in [0, 0.05) is 23.3 Å². The van der Waals surface area contributed by atoms with Crippen molar-refractivity contribution < 1.29 is 9.15 Å². The number of anilines is 1. The van der Waals surface area contributed by atoms with Crippen LogP contribution in [-0.2, 0) is 6.54 Å². The maximum atomic E-state index is 6.50. The summed E-state index contributed by atoms with van der Waals surface area (Å²) in [6, 6.07) is 17.6. The zero-order chi connectivity index (χ0) is 23.8. The molecule has 5 rings (SSSR count). The number of halogens is 1. The number of pyridine rings is 1. The summed E-state index contributed by atoms with van der Waals surface area (Å²) in [5.41, 5.74) is 5.28. The second-order valence-corrected chi connectivity index (χ2v) is 9.10. The molecule has 4 aromatic rings. The molecule has 1 N–H and O–H groups in total. The van der Waals surface area contributed by atoms with Gasteiger partial charge in [-0.05, 0) is 80.2 Å². The number of aromatic nitrogens is 2. The number of methoxy groups -OCH3 is 1. The molecule has 2 atom stereocenters. The van der Waals surface area contributed by atoms with E-state index in [0.717, 1.165) is 28.5 Å². The number of nitrogens with zero attached hydrogens (tertiary/aromatic N) is 3. The van der Waals surface area contributed by atoms with Gasteiger partial charge >= 0.3 is 0 Å². The first kappa shape index (κ1) is 22.5. The van der Waals surface area contributed by atoms with E-state index in [0.29, 0.717) is 22.4 Å². The van der Waals surface area contributed by atoms with E-state index in [1.807, 2.05) is 54.7 Å². The maximum absolute atomic E-state index is 6.50. The lowest BCUT2D eigenvalue weighted by atomic mass is 9.96. The molecule has 2 unspecified atom stereocenters. The Labute approximate surface area is 209 Å². The van der Waals surface area contributed by atoms with Crippen LogP contribution in [0.2, 0.25) is 5.02 Å². The lowest BCUT2D eigenvalue weighted by Gasteiger charge is -2.28. The molecule has 1 fully saturated rings. The molecule has 0 spiro atoms. The number of rotatable bonds is 6. The number of nitrogens with one attached hydrogen (secondary N) is 1. The monoisotopic (exact) mass is 492 g/mol. The van der Waals surface area contributed by atoms with Gasteiger partial charge in [-0.3, -0.25) is 4.98 Å². The fourth-order valence-corrected chi connectivity index (χ4v) is 5.28. The van der Waals surface area contributed by atoms with E-state index < -0.39 is 0 Å². The van der Waals surface area contributed by atoms with Crippen LogP contribution in [0.25, 0.3) is 0 Å². The van der Waals surface area contributed by atoms with E-state index in [-0.39, 0.29) is 12.1 Å². The standard InChI is InChI=1S/C26H25ClN4O2S/c1-16-13-20(17(2)30(16)15-19-7-6-12-33-19)25-24(22-8-4-5-11-28-22)29-26(34)31(25)18-9-10-23(32-3)21(27)14-18/h4-14,24-25H,15H2,1-3H3,(H,29,34). The Bertz CT molecular complexity index is 1320. The summed E-state index contributed by atoms with van der Waals surface area (Å²) in [6.45, 7) is 4.92. The topological polar surface area (TPSA) is 55.5 Å². The number of aryl methyl sites for hydroxylation is 1. The molecule has 1 aliphatic heterocycles. The van der Waals surface area contributed by atoms with Crippen LogP contribution in [0, 0.1) is 13.8 Å². The lowest BCUT2D eigenvalue weighted by molar-refractivity contribution is 0.415. The number of benzene rings is 1. The number of hydrogen-bond acceptors (Lipinski definition) is 4. The minimum atomic E-state index is -0.132. The van der Waals surface area contributed by atoms with E-state index in [1.165, 1.54) is 5.56 Å². The molecule has 6 nitrogen and oxygen atoms in total. The van der Waals surface area contributed by atoms with Gasteiger partial charge in [0.25, 0.3) is 0 Å². The van der Waals surface area contributed by atoms with Crippen LogP contribution in [-0.4, -0.2) is 21.8 Å². The molecule has 4 heterocycles. The third-order valence-electron chi connectivity index (χ3n) is 6.34. The smallest absolute Gasteiger partial charge is 0.174 e. The molecular formula is C26H25ClN4O2S. The molecule has 174 valence electrons. The van der Waals surface area contributed by atoms with Crippen LogP contribution in [0.15, 0.2) is 71.5 Å². The zero-order valence-electron chi connectivity index (χ0n) is 19.2. The number of thiocarbonyl (C=S) groups is 1. The highest BCUT2D eigenvalue weighted by atomic mass is 35.5. The molecule has 1 saturated heterocycles. The summed E-state index contributed by atoms with van der Waals surface area (Å²) in [4.78, 5) is 6.77. The first-order valence-corrected chi connectivity index (χ1v) is 11.8. The summed E-state index contributed by atoms with van der Waals surface area (Å²) < 4.78 is 13.2. The summed E-state index contributed by atoms with van der Waals surface area (Å²) in [5, 5.41) is 4.67. The fourth-order valence-electron chi connectivity index (χ4n) is 4.68. The quantitative estimate of drug-likeness (QED) is 0.334. The summed E-state index contributed by atoms with van der Waals surface area (Å²) >= 11 is 12.3. The van der Waals surface area contributed by atoms with Crippen LogP contribution >= 0.6 is 23.8 Å². The van der Waals surface area contributed by atoms with Gasteiger partial charge in [-0.1, -0.05) is 17.7 Å². The zero-order valence-corrected chi connectivity index (χ0v) is 20.7. The Balaban J connectivity index is 1.63. The highest BCUT2D eigenvalue weighted by molar-refractivity contribution is 7.80. The molecule has 0 radical (unpaired) electrons. The minimum Gasteiger partial charge on any atom is -0.495 e. The lowest BCUT2D eigenvalue weighted by Crippen LogP contribution is -2.29. The van der Waals surface area contributed by atoms with Gasteiger partial charge in [-0.15, -0.1) is 0 Å². The minimum absolute atomic E-state index is 0.122. The van der Waals surface area contributed by atoms with E-state index in [9.17, 15) is 0 Å². The van der Waals surface area contributed by atoms with Gasteiger partial charge in [-0.25, -0.2) is 0 Å². The molecule has 8 heteroatoms. The highest BCUT2D eigenvalue weighted by Crippen LogP contribution is 2.44. The third-order valence-corrected chi connectivity index (χ3v) is 6.95. The van der Waals surface area contributed by atoms with Crippen molar-refractivity contribution in [2.45, 2.75) is 32.5 Å². The van der Waals surface area contributed by atoms with Crippen molar-refractivity contribution in [2.75, 3.05) is 12.0 Å². The molecule has 0 aliphatic carbocycles. The van der Waals surface area contributed by atoms with E-state index in [1.54, 1.807) is 13.4 Å². The Kier molecular flexibility index (Phi) is 6.06. The summed E-state index contributed by atoms with van der Waals surface area (Å²) in [5.74, 6) is 1.53. The van der Waals surface area contributed by atoms with Crippen LogP contribution in [0.5, 0.6) is 5.75 Å². The molecule has 0 saturated carbocycles. The Morgan fingerprint density at radius 1 is 1.15 bits per heavy atom. The van der Waals surface area contributed by atoms with Crippen LogP contribution in [0.1, 0.15) is 40.5 Å². The normalized spacial score (nSPS) is 17.8. The predicted molar refractivity (Wildman–Crippen MR) is 138 cm³/mol. The first-order chi connectivity index (χ1) is 16.5. The van der Waals surface area contributed by atoms with Crippen molar-refractivity contribution in [3.05, 3.63) is 100 Å². The Morgan fingerprint density at radius 3 is 2.68 bits per heavy atom. The number of furan rings is 1. The molecule has 34 heavy (non-hydrogen) atoms. The van der Waals surface area contributed by atoms with E-state index >= 15 is 0 Å². The second-order valence-electron chi connectivity index (χ2n) is 8.31. The number of ether oxygens (including phenoxy) is 1. The molecular weight excluding hydrogens is 468 g/mol. The first-order valence-electron chi connectivity index (χ1n) is 11.0. The Morgan fingerprint density at radius 2 is 2.00 bits per heavy atom. The van der Waals surface area contributed by atoms with Crippen molar-refractivity contribution in [2.24, 2.45) is 0 Å². The van der Waals surface area contributed by atoms with Gasteiger partial charge in [0.1, 0.15) is 11.5 Å². The Hall–Kier alpha value is -3.29. The van der Waals surface area contributed by atoms with Crippen molar-refractivity contribution in [1.29, 1.82) is 0 Å². The van der Waals surface area contributed by atoms with Crippen LogP contribution < -0.4 is 15.0 Å². The highest BCUT2D eigenvalue weighted by Gasteiger charge is 2.42. The average Bonchev–Trinajstić information content (AvgIpc) is 3.54. The maximum Gasteiger partial charge on any atom is 0.174 e. The molecule has 0 amide bonds. The van der Waals surface area contributed by atoms with Crippen LogP contribution in [0.3, 0.4) is 0 Å². The van der Waals surface area contributed by atoms with Crippen LogP contribution in [0.4, 0.5) is 5.69 Å². The summed E-state index contributed by atoms with van der Waals surface area (Å²) in [6.07, 6.45) is 3.51. The van der Waals surface area contributed by atoms with Gasteiger partial charge in [0.05, 0.1) is 42.7 Å². The average molecular weight is 493 g/mol. The van der Waals surface area contributed by atoms with Gasteiger partial charge in [0.2, 0.25) is 0 Å². The molecule has 1 aromatic carbocycles. The molecule has 3 aromatic heterocycles. The van der Waals surface area contributed by atoms with E-state index in [4.69, 9.17) is 33.0 Å². The fraction of sp³-hybridized carbons (Fsp3) is 0.231. The third kappa shape index (κ3) is 3.95. The summed E-state index contributed by atoms with van der Waals surface area (Å²) in [7, 11) is 1.61. The SMILES string of the molecule is COc1ccc(N2C(=S)NC(c3ccccn3)C2c2cc(C)n(Cc3ccco3)c2C)cc1Cl. The van der Waals surface area contributed by atoms with Gasteiger partial charge in [-0.2, -0.15) is 0 Å². The van der Waals surface area contributed by atoms with Crippen molar-refractivity contribution in [3.8, 4) is 5.75 Å². The predicted octanol–water partition coefficient (Wildman–Crippen LogP) is 5.98. The van der Waals surface area contributed by atoms with Crippen molar-refractivity contribution in [3.63, 3.8) is 0 Å². The second kappa shape index (κ2) is 9.16. The largest absolute Gasteiger partial charge is 0.495 e. The van der Waals surface area contributed by atoms with Gasteiger partial charge < -0.3 is 23.9 Å². The van der Waals surface area contributed by atoms with E-state index in [2.05, 4.69) is 39.7 Å².